The number of fused-ring (bicyclic) bond motifs is 1. The standard InChI is InChI=1S/C10H12N4O2S/c1-6-4-7(17-10(2,3)8(15)16)14-9(13-6)11-5-12-14/h4-5H,1-3H3,(H,15,16). The third-order valence-corrected chi connectivity index (χ3v) is 3.41. The summed E-state index contributed by atoms with van der Waals surface area (Å²) >= 11 is 1.22. The molecule has 0 saturated carbocycles. The highest BCUT2D eigenvalue weighted by Crippen LogP contribution is 2.32. The molecule has 0 unspecified atom stereocenters. The van der Waals surface area contributed by atoms with E-state index in [1.807, 2.05) is 6.92 Å². The number of carboxylic acid groups (broad SMARTS) is 1. The van der Waals surface area contributed by atoms with Crippen LogP contribution in [0.1, 0.15) is 19.5 Å². The van der Waals surface area contributed by atoms with Crippen LogP contribution >= 0.6 is 11.8 Å². The number of aryl methyl sites for hydroxylation is 1. The van der Waals surface area contributed by atoms with E-state index in [1.54, 1.807) is 24.4 Å². The molecule has 2 heterocycles. The summed E-state index contributed by atoms with van der Waals surface area (Å²) in [6, 6.07) is 1.80. The summed E-state index contributed by atoms with van der Waals surface area (Å²) < 4.78 is 0.620. The van der Waals surface area contributed by atoms with Crippen LogP contribution < -0.4 is 0 Å². The molecule has 0 atom stereocenters. The molecule has 2 aromatic rings. The highest BCUT2D eigenvalue weighted by Gasteiger charge is 2.29. The molecule has 0 fully saturated rings. The normalized spacial score (nSPS) is 11.9. The SMILES string of the molecule is Cc1cc(SC(C)(C)C(=O)O)n2ncnc2n1. The van der Waals surface area contributed by atoms with Crippen LogP contribution in [0.25, 0.3) is 5.78 Å². The molecule has 2 aromatic heterocycles. The maximum atomic E-state index is 11.1. The van der Waals surface area contributed by atoms with Crippen LogP contribution in [0.5, 0.6) is 0 Å². The number of carboxylic acids is 1. The molecule has 0 amide bonds. The first kappa shape index (κ1) is 11.8. The molecule has 1 N–H and O–H groups in total. The summed E-state index contributed by atoms with van der Waals surface area (Å²) in [5.74, 6) is -0.390. The van der Waals surface area contributed by atoms with Crippen molar-refractivity contribution in [3.05, 3.63) is 18.1 Å². The van der Waals surface area contributed by atoms with Crippen molar-refractivity contribution in [1.29, 1.82) is 0 Å². The Hall–Kier alpha value is -1.63. The van der Waals surface area contributed by atoms with Gasteiger partial charge in [-0.1, -0.05) is 11.8 Å². The largest absolute Gasteiger partial charge is 0.480 e. The fraction of sp³-hybridized carbons (Fsp3) is 0.400. The molecule has 0 bridgehead atoms. The fourth-order valence-corrected chi connectivity index (χ4v) is 2.33. The third kappa shape index (κ3) is 2.23. The van der Waals surface area contributed by atoms with Crippen LogP contribution in [0, 0.1) is 6.92 Å². The van der Waals surface area contributed by atoms with Gasteiger partial charge in [0, 0.05) is 5.69 Å². The molecule has 17 heavy (non-hydrogen) atoms. The van der Waals surface area contributed by atoms with E-state index >= 15 is 0 Å². The second-order valence-corrected chi connectivity index (χ2v) is 5.77. The summed E-state index contributed by atoms with van der Waals surface area (Å²) in [6.07, 6.45) is 1.40. The first-order valence-electron chi connectivity index (χ1n) is 5.00. The van der Waals surface area contributed by atoms with Crippen molar-refractivity contribution in [3.8, 4) is 0 Å². The smallest absolute Gasteiger partial charge is 0.319 e. The van der Waals surface area contributed by atoms with Gasteiger partial charge in [0.15, 0.2) is 0 Å². The van der Waals surface area contributed by atoms with Crippen LogP contribution in [0.3, 0.4) is 0 Å². The number of nitrogens with zero attached hydrogens (tertiary/aromatic N) is 4. The summed E-state index contributed by atoms with van der Waals surface area (Å²) in [5.41, 5.74) is 0.786. The van der Waals surface area contributed by atoms with Crippen molar-refractivity contribution < 1.29 is 9.90 Å². The molecule has 0 aromatic carbocycles. The lowest BCUT2D eigenvalue weighted by Gasteiger charge is -2.18. The zero-order valence-electron chi connectivity index (χ0n) is 9.71. The lowest BCUT2D eigenvalue weighted by atomic mass is 10.2. The molecule has 0 saturated heterocycles. The van der Waals surface area contributed by atoms with Crippen molar-refractivity contribution >= 4 is 23.5 Å². The fourth-order valence-electron chi connectivity index (χ4n) is 1.27. The number of carbonyl (C=O) groups is 1. The van der Waals surface area contributed by atoms with Gasteiger partial charge in [-0.15, -0.1) is 0 Å². The first-order chi connectivity index (χ1) is 7.90. The minimum Gasteiger partial charge on any atom is -0.480 e. The zero-order valence-corrected chi connectivity index (χ0v) is 10.5. The van der Waals surface area contributed by atoms with E-state index in [4.69, 9.17) is 5.11 Å². The minimum atomic E-state index is -0.924. The predicted molar refractivity (Wildman–Crippen MR) is 63.1 cm³/mol. The molecule has 6 nitrogen and oxygen atoms in total. The number of aromatic nitrogens is 4. The van der Waals surface area contributed by atoms with Crippen molar-refractivity contribution in [2.45, 2.75) is 30.5 Å². The van der Waals surface area contributed by atoms with Gasteiger partial charge in [0.25, 0.3) is 5.78 Å². The Balaban J connectivity index is 2.48. The lowest BCUT2D eigenvalue weighted by molar-refractivity contribution is -0.138. The second kappa shape index (κ2) is 3.99. The van der Waals surface area contributed by atoms with Crippen LogP contribution in [-0.2, 0) is 4.79 Å². The van der Waals surface area contributed by atoms with Gasteiger partial charge in [-0.3, -0.25) is 4.79 Å². The lowest BCUT2D eigenvalue weighted by Crippen LogP contribution is -2.27. The summed E-state index contributed by atoms with van der Waals surface area (Å²) in [5, 5.41) is 13.9. The molecule has 0 spiro atoms. The van der Waals surface area contributed by atoms with Crippen molar-refractivity contribution in [1.82, 2.24) is 19.6 Å². The molecule has 0 radical (unpaired) electrons. The molecule has 0 aliphatic heterocycles. The van der Waals surface area contributed by atoms with Crippen LogP contribution in [0.2, 0.25) is 0 Å². The number of aliphatic carboxylic acids is 1. The quantitative estimate of drug-likeness (QED) is 0.656. The molecule has 0 aliphatic carbocycles. The van der Waals surface area contributed by atoms with E-state index in [1.165, 1.54) is 18.1 Å². The van der Waals surface area contributed by atoms with E-state index < -0.39 is 10.7 Å². The van der Waals surface area contributed by atoms with E-state index in [9.17, 15) is 4.79 Å². The Labute approximate surface area is 102 Å². The summed E-state index contributed by atoms with van der Waals surface area (Å²) in [7, 11) is 0. The van der Waals surface area contributed by atoms with E-state index in [0.29, 0.717) is 5.78 Å². The predicted octanol–water partition coefficient (Wildman–Crippen LogP) is 1.39. The molecular weight excluding hydrogens is 240 g/mol. The first-order valence-corrected chi connectivity index (χ1v) is 5.81. The van der Waals surface area contributed by atoms with E-state index in [-0.39, 0.29) is 0 Å². The minimum absolute atomic E-state index is 0.480. The number of rotatable bonds is 3. The molecular formula is C10H12N4O2S. The third-order valence-electron chi connectivity index (χ3n) is 2.22. The van der Waals surface area contributed by atoms with Crippen molar-refractivity contribution in [2.75, 3.05) is 0 Å². The van der Waals surface area contributed by atoms with Gasteiger partial charge in [-0.05, 0) is 26.8 Å². The highest BCUT2D eigenvalue weighted by atomic mass is 32.2. The molecule has 0 aliphatic rings. The molecule has 2 rings (SSSR count). The molecule has 7 heteroatoms. The Kier molecular flexibility index (Phi) is 2.78. The average molecular weight is 252 g/mol. The maximum absolute atomic E-state index is 11.1. The van der Waals surface area contributed by atoms with Crippen LogP contribution in [0.4, 0.5) is 0 Å². The van der Waals surface area contributed by atoms with Crippen LogP contribution in [-0.4, -0.2) is 35.4 Å². The van der Waals surface area contributed by atoms with E-state index in [0.717, 1.165) is 10.7 Å². The van der Waals surface area contributed by atoms with E-state index in [2.05, 4.69) is 15.1 Å². The summed E-state index contributed by atoms with van der Waals surface area (Å²) in [6.45, 7) is 5.14. The Morgan fingerprint density at radius 1 is 1.53 bits per heavy atom. The Morgan fingerprint density at radius 2 is 2.24 bits per heavy atom. The second-order valence-electron chi connectivity index (χ2n) is 4.13. The van der Waals surface area contributed by atoms with Gasteiger partial charge in [-0.2, -0.15) is 14.6 Å². The number of hydrogen-bond donors (Lipinski definition) is 1. The Morgan fingerprint density at radius 3 is 2.88 bits per heavy atom. The molecule has 90 valence electrons. The maximum Gasteiger partial charge on any atom is 0.319 e. The van der Waals surface area contributed by atoms with Gasteiger partial charge < -0.3 is 5.11 Å². The van der Waals surface area contributed by atoms with Crippen molar-refractivity contribution in [3.63, 3.8) is 0 Å². The van der Waals surface area contributed by atoms with Gasteiger partial charge in [0.1, 0.15) is 16.1 Å². The zero-order chi connectivity index (χ0) is 12.6. The van der Waals surface area contributed by atoms with Gasteiger partial charge in [-0.25, -0.2) is 4.98 Å². The number of hydrogen-bond acceptors (Lipinski definition) is 5. The monoisotopic (exact) mass is 252 g/mol. The topological polar surface area (TPSA) is 80.4 Å². The average Bonchev–Trinajstić information content (AvgIpc) is 2.64. The van der Waals surface area contributed by atoms with Crippen LogP contribution in [0.15, 0.2) is 17.4 Å². The van der Waals surface area contributed by atoms with Gasteiger partial charge >= 0.3 is 5.97 Å². The Bertz CT molecular complexity index is 579. The highest BCUT2D eigenvalue weighted by molar-refractivity contribution is 8.01. The van der Waals surface area contributed by atoms with Gasteiger partial charge in [0.05, 0.1) is 0 Å². The van der Waals surface area contributed by atoms with Gasteiger partial charge in [0.2, 0.25) is 0 Å². The number of thioether (sulfide) groups is 1. The summed E-state index contributed by atoms with van der Waals surface area (Å²) in [4.78, 5) is 19.3. The van der Waals surface area contributed by atoms with Crippen molar-refractivity contribution in [2.24, 2.45) is 0 Å².